The first-order valence-electron chi connectivity index (χ1n) is 10.2. The van der Waals surface area contributed by atoms with Crippen LogP contribution < -0.4 is 9.64 Å². The number of aromatic nitrogens is 1. The van der Waals surface area contributed by atoms with Gasteiger partial charge >= 0.3 is 0 Å². The maximum Gasteiger partial charge on any atom is 0.127 e. The zero-order valence-corrected chi connectivity index (χ0v) is 17.1. The summed E-state index contributed by atoms with van der Waals surface area (Å²) in [4.78, 5) is 2.31. The zero-order chi connectivity index (χ0) is 20.5. The third-order valence-corrected chi connectivity index (χ3v) is 5.64. The van der Waals surface area contributed by atoms with Gasteiger partial charge < -0.3 is 14.2 Å². The molecule has 1 aliphatic heterocycles. The number of nitrogens with zero attached hydrogens (tertiary/aromatic N) is 2. The van der Waals surface area contributed by atoms with Crippen LogP contribution in [0.2, 0.25) is 0 Å². The molecule has 148 valence electrons. The maximum absolute atomic E-state index is 5.98. The SMILES string of the molecule is C=C(c1ccc(Oc2ccc(C)cc2)cc1)N1Cc2cccn2Cc2ccccc21. The number of fused-ring (bicyclic) bond motifs is 2. The van der Waals surface area contributed by atoms with Gasteiger partial charge in [0.05, 0.1) is 6.54 Å². The number of aryl methyl sites for hydroxylation is 1. The average Bonchev–Trinajstić information content (AvgIpc) is 3.14. The van der Waals surface area contributed by atoms with Crippen molar-refractivity contribution < 1.29 is 4.74 Å². The van der Waals surface area contributed by atoms with Gasteiger partial charge in [-0.05, 0) is 72.6 Å². The molecule has 3 aromatic carbocycles. The van der Waals surface area contributed by atoms with Gasteiger partial charge in [0.2, 0.25) is 0 Å². The number of hydrogen-bond donors (Lipinski definition) is 0. The molecule has 3 heteroatoms. The van der Waals surface area contributed by atoms with E-state index in [9.17, 15) is 0 Å². The first-order valence-corrected chi connectivity index (χ1v) is 10.2. The third kappa shape index (κ3) is 3.50. The number of anilines is 1. The lowest BCUT2D eigenvalue weighted by atomic mass is 10.1. The second-order valence-electron chi connectivity index (χ2n) is 7.73. The monoisotopic (exact) mass is 392 g/mol. The molecule has 0 saturated heterocycles. The molecule has 3 nitrogen and oxygen atoms in total. The summed E-state index contributed by atoms with van der Waals surface area (Å²) in [6, 6.07) is 29.1. The summed E-state index contributed by atoms with van der Waals surface area (Å²) >= 11 is 0. The Morgan fingerprint density at radius 1 is 0.800 bits per heavy atom. The summed E-state index contributed by atoms with van der Waals surface area (Å²) in [5.41, 5.74) is 7.09. The van der Waals surface area contributed by atoms with Gasteiger partial charge in [0.1, 0.15) is 11.5 Å². The van der Waals surface area contributed by atoms with Gasteiger partial charge in [-0.15, -0.1) is 0 Å². The van der Waals surface area contributed by atoms with E-state index in [4.69, 9.17) is 4.74 Å². The van der Waals surface area contributed by atoms with E-state index in [1.54, 1.807) is 0 Å². The third-order valence-electron chi connectivity index (χ3n) is 5.64. The quantitative estimate of drug-likeness (QED) is 0.388. The van der Waals surface area contributed by atoms with Crippen LogP contribution in [0.25, 0.3) is 5.70 Å². The van der Waals surface area contributed by atoms with E-state index < -0.39 is 0 Å². The van der Waals surface area contributed by atoms with Crippen LogP contribution in [0, 0.1) is 6.92 Å². The van der Waals surface area contributed by atoms with Gasteiger partial charge in [-0.1, -0.05) is 42.5 Å². The minimum absolute atomic E-state index is 0.796. The molecule has 0 fully saturated rings. The summed E-state index contributed by atoms with van der Waals surface area (Å²) in [5.74, 6) is 1.66. The van der Waals surface area contributed by atoms with E-state index in [1.807, 2.05) is 24.3 Å². The summed E-state index contributed by atoms with van der Waals surface area (Å²) in [5, 5.41) is 0. The molecule has 0 N–H and O–H groups in total. The Morgan fingerprint density at radius 3 is 2.27 bits per heavy atom. The van der Waals surface area contributed by atoms with E-state index in [-0.39, 0.29) is 0 Å². The fourth-order valence-corrected chi connectivity index (χ4v) is 3.94. The van der Waals surface area contributed by atoms with E-state index >= 15 is 0 Å². The molecule has 5 rings (SSSR count). The van der Waals surface area contributed by atoms with Crippen LogP contribution in [0.5, 0.6) is 11.5 Å². The Hall–Kier alpha value is -3.72. The number of ether oxygens (including phenoxy) is 1. The maximum atomic E-state index is 5.98. The molecule has 0 amide bonds. The highest BCUT2D eigenvalue weighted by Crippen LogP contribution is 2.34. The van der Waals surface area contributed by atoms with Crippen LogP contribution in [0.1, 0.15) is 22.4 Å². The predicted molar refractivity (Wildman–Crippen MR) is 123 cm³/mol. The molecule has 0 radical (unpaired) electrons. The van der Waals surface area contributed by atoms with Crippen LogP contribution in [0.15, 0.2) is 97.7 Å². The number of rotatable bonds is 4. The molecule has 0 atom stereocenters. The highest BCUT2D eigenvalue weighted by atomic mass is 16.5. The fourth-order valence-electron chi connectivity index (χ4n) is 3.94. The van der Waals surface area contributed by atoms with Crippen molar-refractivity contribution in [3.05, 3.63) is 120 Å². The molecule has 0 saturated carbocycles. The Balaban J connectivity index is 1.42. The summed E-state index contributed by atoms with van der Waals surface area (Å²) < 4.78 is 8.29. The van der Waals surface area contributed by atoms with Crippen LogP contribution in [0.4, 0.5) is 5.69 Å². The first kappa shape index (κ1) is 18.3. The standard InChI is InChI=1S/C27H24N2O/c1-20-9-13-25(14-10-20)30-26-15-11-22(12-16-26)21(2)29-19-24-7-5-17-28(24)18-23-6-3-4-8-27(23)29/h3-17H,2,18-19H2,1H3. The molecular formula is C27H24N2O. The van der Waals surface area contributed by atoms with Crippen molar-refractivity contribution in [3.8, 4) is 11.5 Å². The number of benzene rings is 3. The second kappa shape index (κ2) is 7.60. The van der Waals surface area contributed by atoms with Gasteiger partial charge in [0.15, 0.2) is 0 Å². The lowest BCUT2D eigenvalue weighted by molar-refractivity contribution is 0.482. The largest absolute Gasteiger partial charge is 0.457 e. The second-order valence-corrected chi connectivity index (χ2v) is 7.73. The highest BCUT2D eigenvalue weighted by Gasteiger charge is 2.21. The van der Waals surface area contributed by atoms with Gasteiger partial charge in [0, 0.05) is 29.8 Å². The van der Waals surface area contributed by atoms with E-state index in [1.165, 1.54) is 22.5 Å². The van der Waals surface area contributed by atoms with Crippen LogP contribution >= 0.6 is 0 Å². The fraction of sp³-hybridized carbons (Fsp3) is 0.111. The minimum atomic E-state index is 0.796. The molecule has 0 spiro atoms. The van der Waals surface area contributed by atoms with Crippen molar-refractivity contribution in [2.75, 3.05) is 4.90 Å². The Kier molecular flexibility index (Phi) is 4.64. The van der Waals surface area contributed by atoms with E-state index in [0.717, 1.165) is 35.8 Å². The van der Waals surface area contributed by atoms with E-state index in [2.05, 4.69) is 89.8 Å². The van der Waals surface area contributed by atoms with Crippen molar-refractivity contribution in [2.24, 2.45) is 0 Å². The van der Waals surface area contributed by atoms with E-state index in [0.29, 0.717) is 0 Å². The van der Waals surface area contributed by atoms with Crippen LogP contribution in [-0.2, 0) is 13.1 Å². The Bertz CT molecular complexity index is 1190. The molecule has 1 aliphatic rings. The molecule has 0 bridgehead atoms. The molecule has 0 unspecified atom stereocenters. The predicted octanol–water partition coefficient (Wildman–Crippen LogP) is 6.63. The van der Waals surface area contributed by atoms with Crippen molar-refractivity contribution >= 4 is 11.4 Å². The molecule has 4 aromatic rings. The average molecular weight is 393 g/mol. The minimum Gasteiger partial charge on any atom is -0.457 e. The van der Waals surface area contributed by atoms with Gasteiger partial charge in [-0.25, -0.2) is 0 Å². The molecular weight excluding hydrogens is 368 g/mol. The van der Waals surface area contributed by atoms with Crippen molar-refractivity contribution in [1.82, 2.24) is 4.57 Å². The molecule has 0 aliphatic carbocycles. The molecule has 2 heterocycles. The lowest BCUT2D eigenvalue weighted by Gasteiger charge is -2.27. The Labute approximate surface area is 177 Å². The van der Waals surface area contributed by atoms with Crippen molar-refractivity contribution in [3.63, 3.8) is 0 Å². The van der Waals surface area contributed by atoms with Crippen molar-refractivity contribution in [1.29, 1.82) is 0 Å². The topological polar surface area (TPSA) is 17.4 Å². The smallest absolute Gasteiger partial charge is 0.127 e. The highest BCUT2D eigenvalue weighted by molar-refractivity contribution is 5.79. The zero-order valence-electron chi connectivity index (χ0n) is 17.1. The first-order chi connectivity index (χ1) is 14.7. The van der Waals surface area contributed by atoms with Crippen LogP contribution in [-0.4, -0.2) is 4.57 Å². The van der Waals surface area contributed by atoms with Gasteiger partial charge in [-0.2, -0.15) is 0 Å². The molecule has 30 heavy (non-hydrogen) atoms. The van der Waals surface area contributed by atoms with Crippen LogP contribution in [0.3, 0.4) is 0 Å². The Morgan fingerprint density at radius 2 is 1.50 bits per heavy atom. The van der Waals surface area contributed by atoms with Gasteiger partial charge in [0.25, 0.3) is 0 Å². The number of para-hydroxylation sites is 1. The number of hydrogen-bond acceptors (Lipinski definition) is 2. The summed E-state index contributed by atoms with van der Waals surface area (Å²) in [6.07, 6.45) is 2.15. The summed E-state index contributed by atoms with van der Waals surface area (Å²) in [7, 11) is 0. The van der Waals surface area contributed by atoms with Crippen molar-refractivity contribution in [2.45, 2.75) is 20.0 Å². The normalized spacial score (nSPS) is 12.6. The molecule has 1 aromatic heterocycles. The summed E-state index contributed by atoms with van der Waals surface area (Å²) in [6.45, 7) is 8.19. The van der Waals surface area contributed by atoms with Gasteiger partial charge in [-0.3, -0.25) is 0 Å². The lowest BCUT2D eigenvalue weighted by Crippen LogP contribution is -2.20.